The highest BCUT2D eigenvalue weighted by molar-refractivity contribution is 6.30. The molecule has 0 fully saturated rings. The molecule has 0 bridgehead atoms. The molecule has 1 unspecified atom stereocenters. The molecule has 0 radical (unpaired) electrons. The second kappa shape index (κ2) is 10.7. The summed E-state index contributed by atoms with van der Waals surface area (Å²) in [6, 6.07) is 14.5. The third-order valence-corrected chi connectivity index (χ3v) is 6.27. The molecule has 2 amide bonds. The molecule has 4 rings (SSSR count). The Labute approximate surface area is 225 Å². The van der Waals surface area contributed by atoms with Crippen molar-refractivity contribution < 1.29 is 14.0 Å². The number of nitrogens with one attached hydrogen (secondary N) is 1. The zero-order chi connectivity index (χ0) is 27.6. The second-order valence-electron chi connectivity index (χ2n) is 9.95. The Balaban J connectivity index is 1.56. The van der Waals surface area contributed by atoms with Gasteiger partial charge in [-0.1, -0.05) is 38.4 Å². The van der Waals surface area contributed by atoms with Crippen LogP contribution in [-0.4, -0.2) is 38.6 Å². The van der Waals surface area contributed by atoms with Crippen molar-refractivity contribution in [1.82, 2.24) is 19.7 Å². The van der Waals surface area contributed by atoms with Crippen LogP contribution in [0, 0.1) is 5.82 Å². The van der Waals surface area contributed by atoms with Crippen LogP contribution in [0.4, 0.5) is 15.9 Å². The lowest BCUT2D eigenvalue weighted by molar-refractivity contribution is -0.119. The third kappa shape index (κ3) is 5.89. The lowest BCUT2D eigenvalue weighted by Crippen LogP contribution is -2.32. The molecule has 38 heavy (non-hydrogen) atoms. The van der Waals surface area contributed by atoms with Gasteiger partial charge in [-0.05, 0) is 49.4 Å². The quantitative estimate of drug-likeness (QED) is 0.339. The van der Waals surface area contributed by atoms with Crippen molar-refractivity contribution in [2.45, 2.75) is 39.0 Å². The van der Waals surface area contributed by atoms with Gasteiger partial charge in [0, 0.05) is 47.2 Å². The predicted molar refractivity (Wildman–Crippen MR) is 145 cm³/mol. The monoisotopic (exact) mass is 534 g/mol. The van der Waals surface area contributed by atoms with Crippen LogP contribution < -0.4 is 10.2 Å². The highest BCUT2D eigenvalue weighted by Crippen LogP contribution is 2.30. The number of nitrogens with zero attached hydrogens (tertiary/aromatic N) is 5. The van der Waals surface area contributed by atoms with E-state index in [9.17, 15) is 14.0 Å². The van der Waals surface area contributed by atoms with Gasteiger partial charge in [-0.25, -0.2) is 19.0 Å². The summed E-state index contributed by atoms with van der Waals surface area (Å²) in [5.41, 5.74) is 2.27. The number of amides is 2. The summed E-state index contributed by atoms with van der Waals surface area (Å²) in [6.07, 6.45) is 2.91. The summed E-state index contributed by atoms with van der Waals surface area (Å²) in [4.78, 5) is 35.8. The minimum Gasteiger partial charge on any atom is -0.319 e. The van der Waals surface area contributed by atoms with Crippen molar-refractivity contribution in [2.24, 2.45) is 0 Å². The first kappa shape index (κ1) is 26.9. The van der Waals surface area contributed by atoms with Crippen molar-refractivity contribution in [3.8, 4) is 5.69 Å². The molecular weight excluding hydrogens is 507 g/mol. The molecule has 1 N–H and O–H groups in total. The highest BCUT2D eigenvalue weighted by atomic mass is 35.5. The normalized spacial score (nSPS) is 12.2. The zero-order valence-corrected chi connectivity index (χ0v) is 22.5. The van der Waals surface area contributed by atoms with Gasteiger partial charge in [0.2, 0.25) is 11.7 Å². The first-order valence-corrected chi connectivity index (χ1v) is 12.3. The van der Waals surface area contributed by atoms with E-state index in [1.165, 1.54) is 36.7 Å². The molecule has 8 nitrogen and oxygen atoms in total. The second-order valence-corrected chi connectivity index (χ2v) is 10.4. The van der Waals surface area contributed by atoms with E-state index in [1.54, 1.807) is 35.7 Å². The zero-order valence-electron chi connectivity index (χ0n) is 21.7. The molecule has 0 spiro atoms. The summed E-state index contributed by atoms with van der Waals surface area (Å²) in [5, 5.41) is 7.94. The van der Waals surface area contributed by atoms with Gasteiger partial charge in [-0.15, -0.1) is 0 Å². The topological polar surface area (TPSA) is 93.0 Å². The minimum absolute atomic E-state index is 0.0695. The summed E-state index contributed by atoms with van der Waals surface area (Å²) in [7, 11) is 1.69. The van der Waals surface area contributed by atoms with E-state index in [1.807, 2.05) is 18.2 Å². The van der Waals surface area contributed by atoms with E-state index in [0.29, 0.717) is 22.1 Å². The number of anilines is 2. The van der Waals surface area contributed by atoms with Crippen LogP contribution in [0.5, 0.6) is 0 Å². The van der Waals surface area contributed by atoms with Crippen LogP contribution in [0.25, 0.3) is 5.69 Å². The van der Waals surface area contributed by atoms with Crippen LogP contribution in [0.15, 0.2) is 67.0 Å². The van der Waals surface area contributed by atoms with Crippen LogP contribution >= 0.6 is 11.6 Å². The predicted octanol–water partition coefficient (Wildman–Crippen LogP) is 5.77. The van der Waals surface area contributed by atoms with Crippen LogP contribution in [0.1, 0.15) is 55.5 Å². The number of likely N-dealkylation sites (N-methyl/N-ethyl adjacent to an activating group) is 1. The molecule has 0 aliphatic carbocycles. The first-order chi connectivity index (χ1) is 17.9. The fraction of sp³-hybridized carbons (Fsp3) is 0.250. The fourth-order valence-corrected chi connectivity index (χ4v) is 3.90. The van der Waals surface area contributed by atoms with Crippen molar-refractivity contribution in [2.75, 3.05) is 17.3 Å². The van der Waals surface area contributed by atoms with Crippen LogP contribution in [-0.2, 0) is 10.2 Å². The van der Waals surface area contributed by atoms with E-state index in [0.717, 1.165) is 11.4 Å². The molecule has 0 aliphatic heterocycles. The Morgan fingerprint density at radius 2 is 1.71 bits per heavy atom. The number of carbonyl (C=O) groups excluding carboxylic acids is 2. The average molecular weight is 535 g/mol. The summed E-state index contributed by atoms with van der Waals surface area (Å²) in [5.74, 6) is -1.24. The summed E-state index contributed by atoms with van der Waals surface area (Å²) in [6.45, 7) is 7.91. The first-order valence-electron chi connectivity index (χ1n) is 12.0. The van der Waals surface area contributed by atoms with Gasteiger partial charge in [-0.3, -0.25) is 14.5 Å². The molecule has 0 aliphatic rings. The Morgan fingerprint density at radius 3 is 2.32 bits per heavy atom. The molecule has 10 heteroatoms. The lowest BCUT2D eigenvalue weighted by Gasteiger charge is -2.22. The standard InChI is InChI=1S/C28H28ClFN6O2/c1-17(18-15-31-25(32-16-18)26(37)33-21-11-9-20(30)10-12-21)27(38)35(5)24-14-23(28(2,3)4)34-36(24)22-8-6-7-19(29)13-22/h6-17H,1-5H3,(H,33,37). The van der Waals surface area contributed by atoms with Crippen molar-refractivity contribution in [3.63, 3.8) is 0 Å². The maximum atomic E-state index is 13.5. The van der Waals surface area contributed by atoms with Gasteiger partial charge in [0.05, 0.1) is 17.3 Å². The number of halogens is 2. The smallest absolute Gasteiger partial charge is 0.293 e. The average Bonchev–Trinajstić information content (AvgIpc) is 3.35. The summed E-state index contributed by atoms with van der Waals surface area (Å²) < 4.78 is 14.8. The number of hydrogen-bond acceptors (Lipinski definition) is 5. The van der Waals surface area contributed by atoms with Gasteiger partial charge in [-0.2, -0.15) is 5.10 Å². The Kier molecular flexibility index (Phi) is 7.59. The molecule has 2 aromatic carbocycles. The number of hydrogen-bond donors (Lipinski definition) is 1. The van der Waals surface area contributed by atoms with Crippen molar-refractivity contribution >= 4 is 34.9 Å². The highest BCUT2D eigenvalue weighted by Gasteiger charge is 2.27. The number of benzene rings is 2. The maximum Gasteiger partial charge on any atom is 0.293 e. The van der Waals surface area contributed by atoms with E-state index in [-0.39, 0.29) is 17.1 Å². The largest absolute Gasteiger partial charge is 0.319 e. The van der Waals surface area contributed by atoms with E-state index < -0.39 is 17.6 Å². The van der Waals surface area contributed by atoms with Crippen LogP contribution in [0.2, 0.25) is 5.02 Å². The SMILES string of the molecule is CC(C(=O)N(C)c1cc(C(C)(C)C)nn1-c1cccc(Cl)c1)c1cnc(C(=O)Nc2ccc(F)cc2)nc1. The van der Waals surface area contributed by atoms with Gasteiger partial charge < -0.3 is 5.32 Å². The van der Waals surface area contributed by atoms with Gasteiger partial charge in [0.15, 0.2) is 0 Å². The third-order valence-electron chi connectivity index (χ3n) is 6.03. The van der Waals surface area contributed by atoms with Crippen LogP contribution in [0.3, 0.4) is 0 Å². The number of aromatic nitrogens is 4. The molecule has 4 aromatic rings. The molecule has 2 aromatic heterocycles. The van der Waals surface area contributed by atoms with Crippen molar-refractivity contribution in [1.29, 1.82) is 0 Å². The van der Waals surface area contributed by atoms with Gasteiger partial charge in [0.25, 0.3) is 5.91 Å². The molecular formula is C28H28ClFN6O2. The lowest BCUT2D eigenvalue weighted by atomic mass is 9.92. The van der Waals surface area contributed by atoms with E-state index in [4.69, 9.17) is 16.7 Å². The Bertz CT molecular complexity index is 1460. The Morgan fingerprint density at radius 1 is 1.05 bits per heavy atom. The molecule has 196 valence electrons. The molecule has 2 heterocycles. The van der Waals surface area contributed by atoms with Gasteiger partial charge in [0.1, 0.15) is 11.6 Å². The van der Waals surface area contributed by atoms with Crippen molar-refractivity contribution in [3.05, 3.63) is 94.9 Å². The van der Waals surface area contributed by atoms with E-state index in [2.05, 4.69) is 36.1 Å². The fourth-order valence-electron chi connectivity index (χ4n) is 3.72. The summed E-state index contributed by atoms with van der Waals surface area (Å²) >= 11 is 6.22. The van der Waals surface area contributed by atoms with E-state index >= 15 is 0 Å². The molecule has 0 saturated heterocycles. The van der Waals surface area contributed by atoms with Gasteiger partial charge >= 0.3 is 0 Å². The Hall–Kier alpha value is -4.11. The molecule has 1 atom stereocenters. The molecule has 0 saturated carbocycles. The number of rotatable bonds is 6. The maximum absolute atomic E-state index is 13.5. The number of carbonyl (C=O) groups is 2. The minimum atomic E-state index is -0.602.